The summed E-state index contributed by atoms with van der Waals surface area (Å²) in [6.45, 7) is 1.57. The molecule has 0 spiro atoms. The zero-order valence-electron chi connectivity index (χ0n) is 13.5. The Morgan fingerprint density at radius 2 is 1.80 bits per heavy atom. The van der Waals surface area contributed by atoms with Crippen molar-refractivity contribution in [1.29, 1.82) is 0 Å². The molecule has 0 radical (unpaired) electrons. The highest BCUT2D eigenvalue weighted by atomic mass is 35.5. The third-order valence-corrected chi connectivity index (χ3v) is 6.21. The van der Waals surface area contributed by atoms with Crippen molar-refractivity contribution >= 4 is 38.9 Å². The fourth-order valence-corrected chi connectivity index (χ4v) is 4.47. The van der Waals surface area contributed by atoms with Crippen LogP contribution in [0.3, 0.4) is 0 Å². The van der Waals surface area contributed by atoms with E-state index in [0.29, 0.717) is 17.9 Å². The highest BCUT2D eigenvalue weighted by Gasteiger charge is 2.31. The number of hydrogen-bond donors (Lipinski definition) is 1. The summed E-state index contributed by atoms with van der Waals surface area (Å²) in [4.78, 5) is -0.00729. The van der Waals surface area contributed by atoms with Crippen LogP contribution in [0.1, 0.15) is 19.8 Å². The number of benzene rings is 2. The molecule has 0 saturated heterocycles. The average molecular weight is 406 g/mol. The molecule has 0 aliphatic carbocycles. The molecule has 136 valence electrons. The quantitative estimate of drug-likeness (QED) is 0.737. The van der Waals surface area contributed by atoms with Gasteiger partial charge in [-0.1, -0.05) is 29.3 Å². The fraction of sp³-hybridized carbons (Fsp3) is 0.294. The lowest BCUT2D eigenvalue weighted by atomic mass is 10.1. The zero-order valence-corrected chi connectivity index (χ0v) is 15.8. The number of nitrogens with zero attached hydrogens (tertiary/aromatic N) is 1. The van der Waals surface area contributed by atoms with E-state index in [0.717, 1.165) is 4.31 Å². The van der Waals surface area contributed by atoms with E-state index in [2.05, 4.69) is 0 Å². The Kier molecular flexibility index (Phi) is 6.68. The van der Waals surface area contributed by atoms with Crippen LogP contribution >= 0.6 is 23.2 Å². The molecule has 1 N–H and O–H groups in total. The molecule has 0 aliphatic rings. The Bertz CT molecular complexity index is 828. The lowest BCUT2D eigenvalue weighted by Gasteiger charge is -2.31. The molecule has 1 atom stereocenters. The molecule has 8 heteroatoms. The summed E-state index contributed by atoms with van der Waals surface area (Å²) in [7, 11) is -4.05. The maximum atomic E-state index is 14.5. The van der Waals surface area contributed by atoms with Gasteiger partial charge in [0.1, 0.15) is 0 Å². The van der Waals surface area contributed by atoms with E-state index < -0.39 is 21.9 Å². The van der Waals surface area contributed by atoms with Gasteiger partial charge in [0.2, 0.25) is 0 Å². The molecule has 0 heterocycles. The largest absolute Gasteiger partial charge is 0.396 e. The van der Waals surface area contributed by atoms with Crippen LogP contribution in [0, 0.1) is 5.82 Å². The van der Waals surface area contributed by atoms with Crippen LogP contribution in [0.15, 0.2) is 47.4 Å². The van der Waals surface area contributed by atoms with Crippen molar-refractivity contribution in [1.82, 2.24) is 0 Å². The summed E-state index contributed by atoms with van der Waals surface area (Å²) < 4.78 is 41.8. The fourth-order valence-electron chi connectivity index (χ4n) is 2.49. The van der Waals surface area contributed by atoms with E-state index in [1.807, 2.05) is 0 Å². The summed E-state index contributed by atoms with van der Waals surface area (Å²) in [5, 5.41) is 9.27. The Balaban J connectivity index is 2.58. The van der Waals surface area contributed by atoms with Crippen LogP contribution in [0.2, 0.25) is 10.0 Å². The van der Waals surface area contributed by atoms with Gasteiger partial charge < -0.3 is 5.11 Å². The molecule has 0 saturated carbocycles. The number of rotatable bonds is 7. The van der Waals surface area contributed by atoms with Gasteiger partial charge in [-0.25, -0.2) is 12.8 Å². The first-order valence-corrected chi connectivity index (χ1v) is 9.83. The second-order valence-corrected chi connectivity index (χ2v) is 8.20. The minimum absolute atomic E-state index is 0.00729. The molecule has 2 aromatic rings. The van der Waals surface area contributed by atoms with Crippen LogP contribution in [0.5, 0.6) is 0 Å². The number of anilines is 1. The molecule has 0 aromatic heterocycles. The van der Waals surface area contributed by atoms with E-state index in [4.69, 9.17) is 28.3 Å². The highest BCUT2D eigenvalue weighted by molar-refractivity contribution is 7.92. The molecule has 4 nitrogen and oxygen atoms in total. The second-order valence-electron chi connectivity index (χ2n) is 5.54. The van der Waals surface area contributed by atoms with E-state index in [-0.39, 0.29) is 22.2 Å². The standard InChI is InChI=1S/C17H18Cl2FNO3S/c1-12(4-3-11-22)21(16-6-2-5-15(19)17(16)20)25(23,24)14-9-7-13(18)8-10-14/h2,5-10,12,22H,3-4,11H2,1H3/t12-/m1/s1. The molecule has 2 rings (SSSR count). The molecule has 0 aliphatic heterocycles. The van der Waals surface area contributed by atoms with Gasteiger partial charge in [-0.15, -0.1) is 0 Å². The summed E-state index contributed by atoms with van der Waals surface area (Å²) in [6.07, 6.45) is 0.741. The lowest BCUT2D eigenvalue weighted by molar-refractivity contribution is 0.281. The van der Waals surface area contributed by atoms with Crippen LogP contribution in [-0.2, 0) is 10.0 Å². The first-order chi connectivity index (χ1) is 11.8. The predicted molar refractivity (Wildman–Crippen MR) is 98.3 cm³/mol. The average Bonchev–Trinajstić information content (AvgIpc) is 2.57. The Hall–Kier alpha value is -1.34. The number of halogens is 3. The van der Waals surface area contributed by atoms with Gasteiger partial charge in [0, 0.05) is 17.7 Å². The molecular formula is C17H18Cl2FNO3S. The minimum Gasteiger partial charge on any atom is -0.396 e. The molecule has 0 amide bonds. The topological polar surface area (TPSA) is 57.6 Å². The molecular weight excluding hydrogens is 388 g/mol. The summed E-state index contributed by atoms with van der Waals surface area (Å²) >= 11 is 11.7. The minimum atomic E-state index is -4.05. The van der Waals surface area contributed by atoms with Gasteiger partial charge in [-0.3, -0.25) is 4.31 Å². The van der Waals surface area contributed by atoms with E-state index in [1.54, 1.807) is 6.92 Å². The molecule has 25 heavy (non-hydrogen) atoms. The summed E-state index contributed by atoms with van der Waals surface area (Å²) in [5.74, 6) is -0.808. The van der Waals surface area contributed by atoms with Crippen LogP contribution in [0.4, 0.5) is 10.1 Å². The summed E-state index contributed by atoms with van der Waals surface area (Å²) in [5.41, 5.74) is -0.132. The maximum absolute atomic E-state index is 14.5. The smallest absolute Gasteiger partial charge is 0.264 e. The maximum Gasteiger partial charge on any atom is 0.264 e. The van der Waals surface area contributed by atoms with Gasteiger partial charge in [-0.2, -0.15) is 0 Å². The first kappa shape index (κ1) is 20.0. The van der Waals surface area contributed by atoms with E-state index >= 15 is 0 Å². The van der Waals surface area contributed by atoms with Crippen molar-refractivity contribution in [2.75, 3.05) is 10.9 Å². The number of sulfonamides is 1. The van der Waals surface area contributed by atoms with Crippen LogP contribution in [-0.4, -0.2) is 26.2 Å². The predicted octanol–water partition coefficient (Wildman–Crippen LogP) is 4.49. The number of hydrogen-bond acceptors (Lipinski definition) is 3. The van der Waals surface area contributed by atoms with Gasteiger partial charge in [0.25, 0.3) is 10.0 Å². The van der Waals surface area contributed by atoms with Crippen molar-refractivity contribution < 1.29 is 17.9 Å². The Morgan fingerprint density at radius 1 is 1.16 bits per heavy atom. The van der Waals surface area contributed by atoms with Crippen molar-refractivity contribution in [3.05, 3.63) is 58.3 Å². The van der Waals surface area contributed by atoms with Gasteiger partial charge in [0.05, 0.1) is 15.6 Å². The molecule has 2 aromatic carbocycles. The SMILES string of the molecule is C[C@H](CCCO)N(c1cccc(Cl)c1F)S(=O)(=O)c1ccc(Cl)cc1. The van der Waals surface area contributed by atoms with Crippen LogP contribution < -0.4 is 4.31 Å². The van der Waals surface area contributed by atoms with Gasteiger partial charge >= 0.3 is 0 Å². The molecule has 0 unspecified atom stereocenters. The van der Waals surface area contributed by atoms with Crippen molar-refractivity contribution in [3.63, 3.8) is 0 Å². The van der Waals surface area contributed by atoms with Crippen molar-refractivity contribution in [3.8, 4) is 0 Å². The van der Waals surface area contributed by atoms with Crippen molar-refractivity contribution in [2.45, 2.75) is 30.7 Å². The molecule has 0 bridgehead atoms. The first-order valence-electron chi connectivity index (χ1n) is 7.64. The monoisotopic (exact) mass is 405 g/mol. The molecule has 0 fully saturated rings. The lowest BCUT2D eigenvalue weighted by Crippen LogP contribution is -2.39. The Morgan fingerprint density at radius 3 is 2.40 bits per heavy atom. The van der Waals surface area contributed by atoms with E-state index in [9.17, 15) is 12.8 Å². The van der Waals surface area contributed by atoms with Crippen molar-refractivity contribution in [2.24, 2.45) is 0 Å². The zero-order chi connectivity index (χ0) is 18.6. The number of aliphatic hydroxyl groups is 1. The van der Waals surface area contributed by atoms with E-state index in [1.165, 1.54) is 42.5 Å². The number of aliphatic hydroxyl groups excluding tert-OH is 1. The third-order valence-electron chi connectivity index (χ3n) is 3.72. The highest BCUT2D eigenvalue weighted by Crippen LogP contribution is 2.33. The normalized spacial score (nSPS) is 12.8. The van der Waals surface area contributed by atoms with Gasteiger partial charge in [-0.05, 0) is 56.2 Å². The second kappa shape index (κ2) is 8.36. The summed E-state index contributed by atoms with van der Waals surface area (Å²) in [6, 6.07) is 9.27. The Labute approximate surface area is 156 Å². The van der Waals surface area contributed by atoms with Gasteiger partial charge in [0.15, 0.2) is 5.82 Å². The van der Waals surface area contributed by atoms with Crippen LogP contribution in [0.25, 0.3) is 0 Å². The third kappa shape index (κ3) is 4.44.